The monoisotopic (exact) mass is 310 g/mol. The fourth-order valence-electron chi connectivity index (χ4n) is 2.01. The lowest BCUT2D eigenvalue weighted by Gasteiger charge is -2.28. The van der Waals surface area contributed by atoms with E-state index < -0.39 is 6.04 Å². The predicted octanol–water partition coefficient (Wildman–Crippen LogP) is 1.45. The molecule has 1 aromatic rings. The molecule has 0 aromatic heterocycles. The molecule has 1 atom stereocenters. The van der Waals surface area contributed by atoms with Crippen LogP contribution in [0.1, 0.15) is 32.3 Å². The minimum Gasteiger partial charge on any atom is -0.396 e. The second-order valence-electron chi connectivity index (χ2n) is 5.05. The highest BCUT2D eigenvalue weighted by atomic mass is 19.1. The Morgan fingerprint density at radius 3 is 2.50 bits per heavy atom. The summed E-state index contributed by atoms with van der Waals surface area (Å²) in [4.78, 5) is 25.6. The average molecular weight is 310 g/mol. The maximum absolute atomic E-state index is 12.9. The van der Waals surface area contributed by atoms with Crippen molar-refractivity contribution in [3.05, 3.63) is 35.6 Å². The van der Waals surface area contributed by atoms with Gasteiger partial charge >= 0.3 is 0 Å². The molecule has 1 rings (SSSR count). The Hall–Kier alpha value is -1.95. The summed E-state index contributed by atoms with van der Waals surface area (Å²) in [5.41, 5.74) is 0.762. The standard InChI is InChI=1S/C16H23FN2O3/c1-3-15(21)19(11-13-5-7-14(17)8-6-13)12(2)16(22)18-9-4-10-20/h5-8,12,20H,3-4,9-11H2,1-2H3,(H,18,22)/t12-/m1/s1. The summed E-state index contributed by atoms with van der Waals surface area (Å²) in [6.45, 7) is 4.01. The van der Waals surface area contributed by atoms with E-state index in [1.165, 1.54) is 17.0 Å². The van der Waals surface area contributed by atoms with Crippen LogP contribution in [0, 0.1) is 5.82 Å². The van der Waals surface area contributed by atoms with Gasteiger partial charge in [0.25, 0.3) is 0 Å². The molecular formula is C16H23FN2O3. The van der Waals surface area contributed by atoms with Gasteiger partial charge in [0.15, 0.2) is 0 Å². The Kier molecular flexibility index (Phi) is 7.52. The quantitative estimate of drug-likeness (QED) is 0.714. The normalized spacial score (nSPS) is 11.8. The van der Waals surface area contributed by atoms with Crippen LogP contribution in [0.3, 0.4) is 0 Å². The Bertz CT molecular complexity index is 491. The number of amides is 2. The molecule has 0 aliphatic carbocycles. The summed E-state index contributed by atoms with van der Waals surface area (Å²) in [6, 6.07) is 5.23. The second kappa shape index (κ2) is 9.15. The van der Waals surface area contributed by atoms with E-state index >= 15 is 0 Å². The molecular weight excluding hydrogens is 287 g/mol. The molecule has 0 bridgehead atoms. The number of hydrogen-bond acceptors (Lipinski definition) is 3. The van der Waals surface area contributed by atoms with Crippen molar-refractivity contribution in [3.8, 4) is 0 Å². The maximum atomic E-state index is 12.9. The number of benzene rings is 1. The Morgan fingerprint density at radius 1 is 1.32 bits per heavy atom. The molecule has 0 radical (unpaired) electrons. The van der Waals surface area contributed by atoms with E-state index in [-0.39, 0.29) is 37.2 Å². The zero-order chi connectivity index (χ0) is 16.5. The third-order valence-corrected chi connectivity index (χ3v) is 3.37. The van der Waals surface area contributed by atoms with E-state index in [2.05, 4.69) is 5.32 Å². The maximum Gasteiger partial charge on any atom is 0.242 e. The summed E-state index contributed by atoms with van der Waals surface area (Å²) in [5.74, 6) is -0.751. The molecule has 1 aromatic carbocycles. The van der Waals surface area contributed by atoms with Crippen LogP contribution < -0.4 is 5.32 Å². The number of rotatable bonds is 8. The minimum absolute atomic E-state index is 0.00183. The van der Waals surface area contributed by atoms with Crippen LogP contribution >= 0.6 is 0 Å². The zero-order valence-electron chi connectivity index (χ0n) is 13.0. The SMILES string of the molecule is CCC(=O)N(Cc1ccc(F)cc1)[C@H](C)C(=O)NCCCO. The smallest absolute Gasteiger partial charge is 0.242 e. The van der Waals surface area contributed by atoms with Crippen molar-refractivity contribution in [2.24, 2.45) is 0 Å². The third-order valence-electron chi connectivity index (χ3n) is 3.37. The van der Waals surface area contributed by atoms with Gasteiger partial charge in [-0.05, 0) is 31.0 Å². The van der Waals surface area contributed by atoms with E-state index in [1.54, 1.807) is 26.0 Å². The second-order valence-corrected chi connectivity index (χ2v) is 5.05. The first-order chi connectivity index (χ1) is 10.5. The van der Waals surface area contributed by atoms with Crippen LogP contribution in [0.15, 0.2) is 24.3 Å². The predicted molar refractivity (Wildman–Crippen MR) is 81.4 cm³/mol. The summed E-state index contributed by atoms with van der Waals surface area (Å²) < 4.78 is 12.9. The van der Waals surface area contributed by atoms with Gasteiger partial charge in [-0.3, -0.25) is 9.59 Å². The fourth-order valence-corrected chi connectivity index (χ4v) is 2.01. The van der Waals surface area contributed by atoms with Crippen molar-refractivity contribution in [2.45, 2.75) is 39.3 Å². The highest BCUT2D eigenvalue weighted by Crippen LogP contribution is 2.11. The van der Waals surface area contributed by atoms with Gasteiger partial charge in [0.05, 0.1) is 0 Å². The first-order valence-corrected chi connectivity index (χ1v) is 7.42. The first-order valence-electron chi connectivity index (χ1n) is 7.42. The fraction of sp³-hybridized carbons (Fsp3) is 0.500. The Labute approximate surface area is 130 Å². The number of carbonyl (C=O) groups excluding carboxylic acids is 2. The van der Waals surface area contributed by atoms with Gasteiger partial charge in [-0.1, -0.05) is 19.1 Å². The number of hydrogen-bond donors (Lipinski definition) is 2. The zero-order valence-corrected chi connectivity index (χ0v) is 13.0. The highest BCUT2D eigenvalue weighted by Gasteiger charge is 2.24. The van der Waals surface area contributed by atoms with Gasteiger partial charge < -0.3 is 15.3 Å². The third kappa shape index (κ3) is 5.44. The van der Waals surface area contributed by atoms with Crippen molar-refractivity contribution in [2.75, 3.05) is 13.2 Å². The molecule has 0 unspecified atom stereocenters. The number of carbonyl (C=O) groups is 2. The first kappa shape index (κ1) is 18.1. The molecule has 2 N–H and O–H groups in total. The highest BCUT2D eigenvalue weighted by molar-refractivity contribution is 5.87. The molecule has 0 spiro atoms. The number of nitrogens with zero attached hydrogens (tertiary/aromatic N) is 1. The summed E-state index contributed by atoms with van der Waals surface area (Å²) in [6.07, 6.45) is 0.758. The van der Waals surface area contributed by atoms with Gasteiger partial charge in [0.2, 0.25) is 11.8 Å². The average Bonchev–Trinajstić information content (AvgIpc) is 2.53. The molecule has 22 heavy (non-hydrogen) atoms. The van der Waals surface area contributed by atoms with Gasteiger partial charge in [0.1, 0.15) is 11.9 Å². The van der Waals surface area contributed by atoms with Crippen LogP contribution in [0.5, 0.6) is 0 Å². The van der Waals surface area contributed by atoms with Crippen molar-refractivity contribution < 1.29 is 19.1 Å². The number of nitrogens with one attached hydrogen (secondary N) is 1. The molecule has 0 fully saturated rings. The van der Waals surface area contributed by atoms with Crippen molar-refractivity contribution in [3.63, 3.8) is 0 Å². The summed E-state index contributed by atoms with van der Waals surface area (Å²) in [7, 11) is 0. The summed E-state index contributed by atoms with van der Waals surface area (Å²) in [5, 5.41) is 11.4. The number of halogens is 1. The topological polar surface area (TPSA) is 69.6 Å². The van der Waals surface area contributed by atoms with Crippen LogP contribution in [0.25, 0.3) is 0 Å². The molecule has 0 aliphatic heterocycles. The van der Waals surface area contributed by atoms with Gasteiger partial charge in [0, 0.05) is 26.1 Å². The van der Waals surface area contributed by atoms with Crippen molar-refractivity contribution in [1.29, 1.82) is 0 Å². The Balaban J connectivity index is 2.76. The Morgan fingerprint density at radius 2 is 1.95 bits per heavy atom. The van der Waals surface area contributed by atoms with E-state index in [4.69, 9.17) is 5.11 Å². The lowest BCUT2D eigenvalue weighted by molar-refractivity contribution is -0.140. The van der Waals surface area contributed by atoms with Crippen LogP contribution in [0.4, 0.5) is 4.39 Å². The molecule has 5 nitrogen and oxygen atoms in total. The number of aliphatic hydroxyl groups is 1. The largest absolute Gasteiger partial charge is 0.396 e. The molecule has 0 saturated carbocycles. The van der Waals surface area contributed by atoms with E-state index in [0.29, 0.717) is 13.0 Å². The number of aliphatic hydroxyl groups excluding tert-OH is 1. The van der Waals surface area contributed by atoms with E-state index in [1.807, 2.05) is 0 Å². The van der Waals surface area contributed by atoms with Gasteiger partial charge in [-0.25, -0.2) is 4.39 Å². The molecule has 0 heterocycles. The van der Waals surface area contributed by atoms with Crippen LogP contribution in [-0.2, 0) is 16.1 Å². The van der Waals surface area contributed by atoms with Crippen LogP contribution in [-0.4, -0.2) is 41.0 Å². The lowest BCUT2D eigenvalue weighted by Crippen LogP contribution is -2.47. The lowest BCUT2D eigenvalue weighted by atomic mass is 10.1. The van der Waals surface area contributed by atoms with Crippen LogP contribution in [0.2, 0.25) is 0 Å². The van der Waals surface area contributed by atoms with Crippen molar-refractivity contribution >= 4 is 11.8 Å². The van der Waals surface area contributed by atoms with E-state index in [0.717, 1.165) is 5.56 Å². The van der Waals surface area contributed by atoms with Gasteiger partial charge in [-0.2, -0.15) is 0 Å². The minimum atomic E-state index is -0.629. The molecule has 2 amide bonds. The van der Waals surface area contributed by atoms with Gasteiger partial charge in [-0.15, -0.1) is 0 Å². The molecule has 0 aliphatic rings. The summed E-state index contributed by atoms with van der Waals surface area (Å²) >= 11 is 0. The molecule has 0 saturated heterocycles. The van der Waals surface area contributed by atoms with Crippen molar-refractivity contribution in [1.82, 2.24) is 10.2 Å². The molecule has 122 valence electrons. The van der Waals surface area contributed by atoms with E-state index in [9.17, 15) is 14.0 Å². The molecule has 6 heteroatoms.